The van der Waals surface area contributed by atoms with Crippen LogP contribution in [0.1, 0.15) is 6.42 Å². The van der Waals surface area contributed by atoms with E-state index >= 15 is 0 Å². The third-order valence-electron chi connectivity index (χ3n) is 2.21. The summed E-state index contributed by atoms with van der Waals surface area (Å²) in [4.78, 5) is 15.6. The summed E-state index contributed by atoms with van der Waals surface area (Å²) in [5.74, 6) is 0.175. The van der Waals surface area contributed by atoms with Gasteiger partial charge in [-0.15, -0.1) is 0 Å². The van der Waals surface area contributed by atoms with Crippen molar-refractivity contribution in [3.8, 4) is 0 Å². The Labute approximate surface area is 83.7 Å². The Kier molecular flexibility index (Phi) is 3.62. The molecule has 1 heterocycles. The van der Waals surface area contributed by atoms with E-state index in [1.165, 1.54) is 0 Å². The van der Waals surface area contributed by atoms with E-state index in [9.17, 15) is 4.79 Å². The van der Waals surface area contributed by atoms with E-state index in [2.05, 4.69) is 4.90 Å². The maximum atomic E-state index is 11.3. The van der Waals surface area contributed by atoms with Crippen LogP contribution in [0.4, 0.5) is 0 Å². The number of hydrogen-bond acceptors (Lipinski definition) is 3. The van der Waals surface area contributed by atoms with E-state index in [0.717, 1.165) is 19.6 Å². The normalized spacial score (nSPS) is 19.2. The molecule has 5 heteroatoms. The summed E-state index contributed by atoms with van der Waals surface area (Å²) in [6, 6.07) is 0. The molecule has 74 valence electrons. The summed E-state index contributed by atoms with van der Waals surface area (Å²) < 4.78 is 0. The summed E-state index contributed by atoms with van der Waals surface area (Å²) in [6.07, 6.45) is 0.701. The van der Waals surface area contributed by atoms with Crippen molar-refractivity contribution in [2.24, 2.45) is 5.73 Å². The first kappa shape index (κ1) is 10.4. The highest BCUT2D eigenvalue weighted by molar-refractivity contribution is 7.80. The second kappa shape index (κ2) is 4.53. The Bertz CT molecular complexity index is 219. The predicted octanol–water partition coefficient (Wildman–Crippen LogP) is -0.563. The van der Waals surface area contributed by atoms with Crippen LogP contribution in [0.3, 0.4) is 0 Å². The van der Waals surface area contributed by atoms with Gasteiger partial charge in [0.25, 0.3) is 0 Å². The number of piperazine rings is 1. The van der Waals surface area contributed by atoms with Crippen LogP contribution >= 0.6 is 12.2 Å². The second-order valence-electron chi connectivity index (χ2n) is 3.31. The number of hydrogen-bond donors (Lipinski definition) is 1. The van der Waals surface area contributed by atoms with Gasteiger partial charge in [-0.2, -0.15) is 0 Å². The van der Waals surface area contributed by atoms with E-state index in [4.69, 9.17) is 18.0 Å². The Morgan fingerprint density at radius 2 is 2.31 bits per heavy atom. The molecule has 1 saturated heterocycles. The molecule has 0 aromatic rings. The monoisotopic (exact) mass is 201 g/mol. The standard InChI is InChI=1S/C8H15N3OS/c1-10-4-5-11(6-8(10)12)3-2-7(9)13/h2-6H2,1H3,(H2,9,13). The van der Waals surface area contributed by atoms with Crippen molar-refractivity contribution >= 4 is 23.1 Å². The maximum absolute atomic E-state index is 11.3. The third-order valence-corrected chi connectivity index (χ3v) is 2.41. The highest BCUT2D eigenvalue weighted by Crippen LogP contribution is 2.01. The van der Waals surface area contributed by atoms with E-state index < -0.39 is 0 Å². The Morgan fingerprint density at radius 3 is 2.85 bits per heavy atom. The molecule has 0 radical (unpaired) electrons. The van der Waals surface area contributed by atoms with E-state index in [1.54, 1.807) is 4.90 Å². The minimum atomic E-state index is 0.175. The maximum Gasteiger partial charge on any atom is 0.236 e. The zero-order valence-electron chi connectivity index (χ0n) is 7.82. The topological polar surface area (TPSA) is 49.6 Å². The van der Waals surface area contributed by atoms with Crippen LogP contribution in [0.2, 0.25) is 0 Å². The van der Waals surface area contributed by atoms with Gasteiger partial charge in [0.05, 0.1) is 11.5 Å². The Hall–Kier alpha value is -0.680. The molecule has 0 aliphatic carbocycles. The van der Waals surface area contributed by atoms with Crippen LogP contribution < -0.4 is 5.73 Å². The number of carbonyl (C=O) groups is 1. The van der Waals surface area contributed by atoms with Crippen LogP contribution in [0, 0.1) is 0 Å². The van der Waals surface area contributed by atoms with Gasteiger partial charge in [-0.25, -0.2) is 0 Å². The molecule has 0 spiro atoms. The van der Waals surface area contributed by atoms with Gasteiger partial charge >= 0.3 is 0 Å². The van der Waals surface area contributed by atoms with Crippen molar-refractivity contribution in [2.75, 3.05) is 33.2 Å². The smallest absolute Gasteiger partial charge is 0.236 e. The first-order chi connectivity index (χ1) is 6.09. The molecule has 1 rings (SSSR count). The first-order valence-electron chi connectivity index (χ1n) is 4.34. The first-order valence-corrected chi connectivity index (χ1v) is 4.75. The fourth-order valence-electron chi connectivity index (χ4n) is 1.27. The molecule has 1 aliphatic heterocycles. The van der Waals surface area contributed by atoms with Crippen LogP contribution in [-0.2, 0) is 4.79 Å². The average molecular weight is 201 g/mol. The van der Waals surface area contributed by atoms with Gasteiger partial charge in [0, 0.05) is 33.1 Å². The molecule has 1 amide bonds. The van der Waals surface area contributed by atoms with Gasteiger partial charge in [0.1, 0.15) is 0 Å². The summed E-state index contributed by atoms with van der Waals surface area (Å²) in [5.41, 5.74) is 5.38. The number of nitrogens with two attached hydrogens (primary N) is 1. The Morgan fingerprint density at radius 1 is 1.62 bits per heavy atom. The molecule has 13 heavy (non-hydrogen) atoms. The lowest BCUT2D eigenvalue weighted by molar-refractivity contribution is -0.134. The zero-order valence-corrected chi connectivity index (χ0v) is 8.64. The van der Waals surface area contributed by atoms with E-state index in [1.807, 2.05) is 7.05 Å². The molecular weight excluding hydrogens is 186 g/mol. The summed E-state index contributed by atoms with van der Waals surface area (Å²) >= 11 is 4.77. The molecule has 0 atom stereocenters. The van der Waals surface area contributed by atoms with Crippen molar-refractivity contribution in [3.63, 3.8) is 0 Å². The summed E-state index contributed by atoms with van der Waals surface area (Å²) in [7, 11) is 1.83. The quantitative estimate of drug-likeness (QED) is 0.622. The molecule has 0 aromatic heterocycles. The Balaban J connectivity index is 2.29. The van der Waals surface area contributed by atoms with Gasteiger partial charge in [0.2, 0.25) is 5.91 Å². The molecule has 1 fully saturated rings. The fraction of sp³-hybridized carbons (Fsp3) is 0.750. The minimum Gasteiger partial charge on any atom is -0.393 e. The van der Waals surface area contributed by atoms with E-state index in [0.29, 0.717) is 18.0 Å². The van der Waals surface area contributed by atoms with Crippen LogP contribution in [0.15, 0.2) is 0 Å². The third kappa shape index (κ3) is 3.28. The lowest BCUT2D eigenvalue weighted by Crippen LogP contribution is -2.49. The van der Waals surface area contributed by atoms with Crippen molar-refractivity contribution < 1.29 is 4.79 Å². The molecule has 1 aliphatic rings. The molecule has 2 N–H and O–H groups in total. The van der Waals surface area contributed by atoms with Gasteiger partial charge in [-0.3, -0.25) is 9.69 Å². The second-order valence-corrected chi connectivity index (χ2v) is 3.83. The highest BCUT2D eigenvalue weighted by atomic mass is 32.1. The number of amides is 1. The zero-order chi connectivity index (χ0) is 9.84. The lowest BCUT2D eigenvalue weighted by atomic mass is 10.3. The average Bonchev–Trinajstić information content (AvgIpc) is 2.07. The van der Waals surface area contributed by atoms with Crippen molar-refractivity contribution in [2.45, 2.75) is 6.42 Å². The van der Waals surface area contributed by atoms with Crippen LogP contribution in [0.5, 0.6) is 0 Å². The summed E-state index contributed by atoms with van der Waals surface area (Å²) in [6.45, 7) is 3.02. The van der Waals surface area contributed by atoms with Crippen molar-refractivity contribution in [1.82, 2.24) is 9.80 Å². The molecule has 4 nitrogen and oxygen atoms in total. The van der Waals surface area contributed by atoms with Crippen molar-refractivity contribution in [3.05, 3.63) is 0 Å². The lowest BCUT2D eigenvalue weighted by Gasteiger charge is -2.31. The number of likely N-dealkylation sites (N-methyl/N-ethyl adjacent to an activating group) is 1. The minimum absolute atomic E-state index is 0.175. The van der Waals surface area contributed by atoms with Gasteiger partial charge in [0.15, 0.2) is 0 Å². The van der Waals surface area contributed by atoms with E-state index in [-0.39, 0.29) is 5.91 Å². The number of nitrogens with zero attached hydrogens (tertiary/aromatic N) is 2. The molecule has 0 unspecified atom stereocenters. The largest absolute Gasteiger partial charge is 0.393 e. The number of rotatable bonds is 3. The number of carbonyl (C=O) groups excluding carboxylic acids is 1. The van der Waals surface area contributed by atoms with Gasteiger partial charge in [-0.05, 0) is 0 Å². The van der Waals surface area contributed by atoms with Crippen LogP contribution in [0.25, 0.3) is 0 Å². The summed E-state index contributed by atoms with van der Waals surface area (Å²) in [5, 5.41) is 0. The van der Waals surface area contributed by atoms with Gasteiger partial charge < -0.3 is 10.6 Å². The van der Waals surface area contributed by atoms with Gasteiger partial charge in [-0.1, -0.05) is 12.2 Å². The molecule has 0 aromatic carbocycles. The highest BCUT2D eigenvalue weighted by Gasteiger charge is 2.20. The number of thiocarbonyl (C=S) groups is 1. The molecular formula is C8H15N3OS. The predicted molar refractivity (Wildman–Crippen MR) is 55.5 cm³/mol. The van der Waals surface area contributed by atoms with Crippen molar-refractivity contribution in [1.29, 1.82) is 0 Å². The molecule has 0 bridgehead atoms. The SMILES string of the molecule is CN1CCN(CCC(N)=S)CC1=O. The van der Waals surface area contributed by atoms with Crippen LogP contribution in [-0.4, -0.2) is 53.9 Å². The fourth-order valence-corrected chi connectivity index (χ4v) is 1.36. The molecule has 0 saturated carbocycles.